The van der Waals surface area contributed by atoms with Crippen molar-refractivity contribution < 1.29 is 35.4 Å². The molecule has 1 aliphatic rings. The SMILES string of the molecule is COS(=O)(=O)c1cc(C(F)(F)F)ccc1C(=O)C(C#N)C(=O)C1CC1. The Morgan fingerprint density at radius 2 is 1.92 bits per heavy atom. The number of carbonyl (C=O) groups excluding carboxylic acids is 2. The summed E-state index contributed by atoms with van der Waals surface area (Å²) in [5.41, 5.74) is -1.99. The van der Waals surface area contributed by atoms with Crippen molar-refractivity contribution in [2.24, 2.45) is 11.8 Å². The number of nitrogens with zero attached hydrogens (tertiary/aromatic N) is 1. The third-order valence-electron chi connectivity index (χ3n) is 3.72. The molecule has 0 saturated heterocycles. The van der Waals surface area contributed by atoms with Gasteiger partial charge in [0.1, 0.15) is 4.90 Å². The van der Waals surface area contributed by atoms with Crippen molar-refractivity contribution in [3.63, 3.8) is 0 Å². The van der Waals surface area contributed by atoms with Gasteiger partial charge in [-0.15, -0.1) is 0 Å². The zero-order valence-corrected chi connectivity index (χ0v) is 13.6. The van der Waals surface area contributed by atoms with Gasteiger partial charge in [-0.25, -0.2) is 0 Å². The second-order valence-electron chi connectivity index (χ2n) is 5.43. The molecular weight excluding hydrogens is 363 g/mol. The highest BCUT2D eigenvalue weighted by Crippen LogP contribution is 2.35. The number of halogens is 3. The molecule has 1 unspecified atom stereocenters. The van der Waals surface area contributed by atoms with E-state index in [0.717, 1.165) is 7.11 Å². The van der Waals surface area contributed by atoms with Crippen LogP contribution in [0.1, 0.15) is 28.8 Å². The fraction of sp³-hybridized carbons (Fsp3) is 0.400. The highest BCUT2D eigenvalue weighted by Gasteiger charge is 2.41. The lowest BCUT2D eigenvalue weighted by molar-refractivity contribution is -0.137. The fourth-order valence-corrected chi connectivity index (χ4v) is 3.10. The molecule has 6 nitrogen and oxygen atoms in total. The highest BCUT2D eigenvalue weighted by atomic mass is 32.2. The lowest BCUT2D eigenvalue weighted by Gasteiger charge is -2.14. The summed E-state index contributed by atoms with van der Waals surface area (Å²) < 4.78 is 66.5. The third-order valence-corrected chi connectivity index (χ3v) is 5.03. The fourth-order valence-electron chi connectivity index (χ4n) is 2.21. The van der Waals surface area contributed by atoms with Gasteiger partial charge in [-0.3, -0.25) is 13.8 Å². The van der Waals surface area contributed by atoms with Crippen LogP contribution < -0.4 is 0 Å². The maximum Gasteiger partial charge on any atom is 0.416 e. The Morgan fingerprint density at radius 1 is 1.32 bits per heavy atom. The largest absolute Gasteiger partial charge is 0.416 e. The number of hydrogen-bond acceptors (Lipinski definition) is 6. The van der Waals surface area contributed by atoms with E-state index in [9.17, 15) is 31.2 Å². The zero-order valence-electron chi connectivity index (χ0n) is 12.8. The first-order chi connectivity index (χ1) is 11.5. The van der Waals surface area contributed by atoms with Crippen LogP contribution in [0.3, 0.4) is 0 Å². The molecule has 2 rings (SSSR count). The van der Waals surface area contributed by atoms with E-state index in [1.54, 1.807) is 0 Å². The van der Waals surface area contributed by atoms with E-state index in [1.165, 1.54) is 6.07 Å². The summed E-state index contributed by atoms with van der Waals surface area (Å²) in [6, 6.07) is 2.91. The van der Waals surface area contributed by atoms with Crippen molar-refractivity contribution in [1.82, 2.24) is 0 Å². The lowest BCUT2D eigenvalue weighted by atomic mass is 9.92. The van der Waals surface area contributed by atoms with E-state index >= 15 is 0 Å². The number of Topliss-reactive ketones (excluding diaryl/α,β-unsaturated/α-hetero) is 2. The minimum atomic E-state index is -4.85. The van der Waals surface area contributed by atoms with Gasteiger partial charge < -0.3 is 0 Å². The Hall–Kier alpha value is -2.25. The van der Waals surface area contributed by atoms with Gasteiger partial charge >= 0.3 is 6.18 Å². The third kappa shape index (κ3) is 3.88. The number of nitriles is 1. The molecule has 1 aromatic rings. The van der Waals surface area contributed by atoms with Crippen LogP contribution in [0.15, 0.2) is 23.1 Å². The van der Waals surface area contributed by atoms with Crippen molar-refractivity contribution >= 4 is 21.7 Å². The number of carbonyl (C=O) groups is 2. The number of ketones is 2. The quantitative estimate of drug-likeness (QED) is 0.430. The maximum absolute atomic E-state index is 12.8. The average Bonchev–Trinajstić information content (AvgIpc) is 3.38. The van der Waals surface area contributed by atoms with Crippen LogP contribution in [-0.4, -0.2) is 27.1 Å². The van der Waals surface area contributed by atoms with Crippen LogP contribution in [0, 0.1) is 23.2 Å². The Morgan fingerprint density at radius 3 is 2.36 bits per heavy atom. The minimum Gasteiger partial charge on any atom is -0.297 e. The predicted molar refractivity (Wildman–Crippen MR) is 76.8 cm³/mol. The molecule has 0 radical (unpaired) electrons. The standard InChI is InChI=1S/C15H12F3NO5S/c1-24-25(22,23)12-6-9(15(16,17)18)4-5-10(12)14(21)11(7-19)13(20)8-2-3-8/h4-6,8,11H,2-3H2,1H3. The van der Waals surface area contributed by atoms with Crippen LogP contribution in [0.5, 0.6) is 0 Å². The van der Waals surface area contributed by atoms with E-state index in [4.69, 9.17) is 5.26 Å². The summed E-state index contributed by atoms with van der Waals surface area (Å²) in [5, 5.41) is 9.09. The van der Waals surface area contributed by atoms with E-state index < -0.39 is 55.7 Å². The van der Waals surface area contributed by atoms with Gasteiger partial charge in [0, 0.05) is 11.5 Å². The molecule has 1 atom stereocenters. The molecular formula is C15H12F3NO5S. The smallest absolute Gasteiger partial charge is 0.297 e. The van der Waals surface area contributed by atoms with Gasteiger partial charge in [0.25, 0.3) is 10.1 Å². The number of alkyl halides is 3. The molecule has 0 amide bonds. The van der Waals surface area contributed by atoms with Crippen molar-refractivity contribution in [2.75, 3.05) is 7.11 Å². The van der Waals surface area contributed by atoms with Gasteiger partial charge in [-0.2, -0.15) is 26.9 Å². The molecule has 0 aliphatic heterocycles. The first-order valence-electron chi connectivity index (χ1n) is 7.02. The number of benzene rings is 1. The zero-order chi connectivity index (χ0) is 19.0. The van der Waals surface area contributed by atoms with Crippen LogP contribution in [0.25, 0.3) is 0 Å². The topological polar surface area (TPSA) is 101 Å². The van der Waals surface area contributed by atoms with Gasteiger partial charge in [0.2, 0.25) is 0 Å². The van der Waals surface area contributed by atoms with E-state index in [1.807, 2.05) is 0 Å². The molecule has 0 heterocycles. The Kier molecular flexibility index (Phi) is 5.02. The van der Waals surface area contributed by atoms with E-state index in [0.29, 0.717) is 25.0 Å². The summed E-state index contributed by atoms with van der Waals surface area (Å²) in [6.45, 7) is 0. The normalized spacial score (nSPS) is 16.1. The number of rotatable bonds is 6. The molecule has 0 spiro atoms. The maximum atomic E-state index is 12.8. The van der Waals surface area contributed by atoms with Crippen molar-refractivity contribution in [2.45, 2.75) is 23.9 Å². The van der Waals surface area contributed by atoms with Gasteiger partial charge in [-0.1, -0.05) is 0 Å². The van der Waals surface area contributed by atoms with Crippen LogP contribution >= 0.6 is 0 Å². The summed E-state index contributed by atoms with van der Waals surface area (Å²) in [6.07, 6.45) is -3.82. The highest BCUT2D eigenvalue weighted by molar-refractivity contribution is 7.86. The second kappa shape index (κ2) is 6.57. The van der Waals surface area contributed by atoms with Gasteiger partial charge in [-0.05, 0) is 31.0 Å². The van der Waals surface area contributed by atoms with Crippen LogP contribution in [0.2, 0.25) is 0 Å². The first kappa shape index (κ1) is 19.1. The lowest BCUT2D eigenvalue weighted by Crippen LogP contribution is -2.26. The van der Waals surface area contributed by atoms with E-state index in [2.05, 4.69) is 4.18 Å². The summed E-state index contributed by atoms with van der Waals surface area (Å²) in [4.78, 5) is 23.4. The molecule has 0 N–H and O–H groups in total. The monoisotopic (exact) mass is 375 g/mol. The second-order valence-corrected chi connectivity index (χ2v) is 7.11. The molecule has 1 saturated carbocycles. The molecule has 0 bridgehead atoms. The molecule has 1 fully saturated rings. The summed E-state index contributed by atoms with van der Waals surface area (Å²) in [5.74, 6) is -4.04. The number of hydrogen-bond donors (Lipinski definition) is 0. The molecule has 1 aliphatic carbocycles. The molecule has 10 heteroatoms. The Labute approximate surface area is 141 Å². The van der Waals surface area contributed by atoms with Crippen LogP contribution in [-0.2, 0) is 25.3 Å². The van der Waals surface area contributed by atoms with Gasteiger partial charge in [0.15, 0.2) is 17.5 Å². The average molecular weight is 375 g/mol. The predicted octanol–water partition coefficient (Wildman–Crippen LogP) is 2.34. The van der Waals surface area contributed by atoms with Crippen molar-refractivity contribution in [3.05, 3.63) is 29.3 Å². The first-order valence-corrected chi connectivity index (χ1v) is 8.43. The van der Waals surface area contributed by atoms with E-state index in [-0.39, 0.29) is 6.07 Å². The summed E-state index contributed by atoms with van der Waals surface area (Å²) in [7, 11) is -3.95. The molecule has 0 aromatic heterocycles. The van der Waals surface area contributed by atoms with Crippen LogP contribution in [0.4, 0.5) is 13.2 Å². The minimum absolute atomic E-state index is 0.252. The molecule has 134 valence electrons. The molecule has 25 heavy (non-hydrogen) atoms. The summed E-state index contributed by atoms with van der Waals surface area (Å²) >= 11 is 0. The van der Waals surface area contributed by atoms with Gasteiger partial charge in [0.05, 0.1) is 18.7 Å². The van der Waals surface area contributed by atoms with Crippen molar-refractivity contribution in [3.8, 4) is 6.07 Å². The Bertz CT molecular complexity index is 866. The molecule has 1 aromatic carbocycles. The van der Waals surface area contributed by atoms with Crippen molar-refractivity contribution in [1.29, 1.82) is 5.26 Å². The Balaban J connectivity index is 2.58.